The number of amides is 1. The second-order valence-corrected chi connectivity index (χ2v) is 6.25. The SMILES string of the molecule is Cc1ccc(CNC(=O)C2(C(N)=NO)CCOCC2)s1. The fourth-order valence-electron chi connectivity index (χ4n) is 2.33. The third-order valence-electron chi connectivity index (χ3n) is 3.60. The molecule has 0 aromatic carbocycles. The second-order valence-electron chi connectivity index (χ2n) is 4.87. The first-order valence-corrected chi connectivity index (χ1v) is 7.29. The molecule has 1 fully saturated rings. The van der Waals surface area contributed by atoms with Crippen molar-refractivity contribution in [2.75, 3.05) is 13.2 Å². The van der Waals surface area contributed by atoms with Gasteiger partial charge in [-0.3, -0.25) is 4.79 Å². The Hall–Kier alpha value is -1.60. The Morgan fingerprint density at radius 3 is 2.80 bits per heavy atom. The molecule has 1 amide bonds. The van der Waals surface area contributed by atoms with Gasteiger partial charge in [-0.1, -0.05) is 5.16 Å². The summed E-state index contributed by atoms with van der Waals surface area (Å²) in [5.74, 6) is -0.247. The Bertz CT molecular complexity index is 507. The normalized spacial score (nSPS) is 18.8. The molecular weight excluding hydrogens is 278 g/mol. The van der Waals surface area contributed by atoms with Crippen LogP contribution >= 0.6 is 11.3 Å². The molecule has 1 saturated heterocycles. The molecule has 0 bridgehead atoms. The Labute approximate surface area is 121 Å². The van der Waals surface area contributed by atoms with Crippen LogP contribution in [0.5, 0.6) is 0 Å². The van der Waals surface area contributed by atoms with Crippen molar-refractivity contribution in [3.8, 4) is 0 Å². The minimum Gasteiger partial charge on any atom is -0.409 e. The van der Waals surface area contributed by atoms with Gasteiger partial charge in [0.2, 0.25) is 5.91 Å². The van der Waals surface area contributed by atoms with Crippen LogP contribution in [0.15, 0.2) is 17.3 Å². The van der Waals surface area contributed by atoms with Gasteiger partial charge in [-0.05, 0) is 31.9 Å². The molecule has 0 aliphatic carbocycles. The van der Waals surface area contributed by atoms with Gasteiger partial charge >= 0.3 is 0 Å². The maximum Gasteiger partial charge on any atom is 0.234 e. The van der Waals surface area contributed by atoms with Crippen LogP contribution in [-0.4, -0.2) is 30.2 Å². The number of ether oxygens (including phenoxy) is 1. The maximum absolute atomic E-state index is 12.5. The number of nitrogens with zero attached hydrogens (tertiary/aromatic N) is 1. The lowest BCUT2D eigenvalue weighted by molar-refractivity contribution is -0.131. The molecule has 2 heterocycles. The van der Waals surface area contributed by atoms with Crippen molar-refractivity contribution >= 4 is 23.1 Å². The topological polar surface area (TPSA) is 96.9 Å². The highest BCUT2D eigenvalue weighted by Gasteiger charge is 2.44. The van der Waals surface area contributed by atoms with Gasteiger partial charge in [0.05, 0.1) is 6.54 Å². The number of aryl methyl sites for hydroxylation is 1. The standard InChI is InChI=1S/C13H19N3O3S/c1-9-2-3-10(20-9)8-15-12(17)13(11(14)16-18)4-6-19-7-5-13/h2-3,18H,4-8H2,1H3,(H2,14,16)(H,15,17). The van der Waals surface area contributed by atoms with E-state index in [0.29, 0.717) is 32.6 Å². The highest BCUT2D eigenvalue weighted by atomic mass is 32.1. The van der Waals surface area contributed by atoms with Gasteiger partial charge < -0.3 is 21.0 Å². The van der Waals surface area contributed by atoms with Gasteiger partial charge in [-0.15, -0.1) is 11.3 Å². The van der Waals surface area contributed by atoms with Crippen LogP contribution in [0.1, 0.15) is 22.6 Å². The van der Waals surface area contributed by atoms with Crippen LogP contribution in [0.3, 0.4) is 0 Å². The molecule has 110 valence electrons. The summed E-state index contributed by atoms with van der Waals surface area (Å²) in [6.07, 6.45) is 0.858. The summed E-state index contributed by atoms with van der Waals surface area (Å²) in [6, 6.07) is 4.00. The molecule has 0 unspecified atom stereocenters. The zero-order chi connectivity index (χ0) is 14.6. The molecule has 1 aliphatic heterocycles. The first kappa shape index (κ1) is 14.8. The summed E-state index contributed by atoms with van der Waals surface area (Å²) in [7, 11) is 0. The van der Waals surface area contributed by atoms with E-state index in [9.17, 15) is 4.79 Å². The largest absolute Gasteiger partial charge is 0.409 e. The molecule has 0 spiro atoms. The zero-order valence-corrected chi connectivity index (χ0v) is 12.2. The predicted octanol–water partition coefficient (Wildman–Crippen LogP) is 1.22. The number of rotatable bonds is 4. The third kappa shape index (κ3) is 2.94. The summed E-state index contributed by atoms with van der Waals surface area (Å²) >= 11 is 1.64. The Kier molecular flexibility index (Phi) is 4.61. The number of amidine groups is 1. The van der Waals surface area contributed by atoms with Crippen molar-refractivity contribution in [3.63, 3.8) is 0 Å². The van der Waals surface area contributed by atoms with E-state index in [-0.39, 0.29) is 11.7 Å². The molecule has 20 heavy (non-hydrogen) atoms. The van der Waals surface area contributed by atoms with Gasteiger partial charge in [0.25, 0.3) is 0 Å². The minimum absolute atomic E-state index is 0.0411. The number of nitrogens with one attached hydrogen (secondary N) is 1. The molecule has 1 aliphatic rings. The van der Waals surface area contributed by atoms with Gasteiger partial charge in [-0.25, -0.2) is 0 Å². The van der Waals surface area contributed by atoms with Crippen LogP contribution in [0.4, 0.5) is 0 Å². The van der Waals surface area contributed by atoms with E-state index < -0.39 is 5.41 Å². The number of carbonyl (C=O) groups excluding carboxylic acids is 1. The number of hydrogen-bond acceptors (Lipinski definition) is 5. The lowest BCUT2D eigenvalue weighted by atomic mass is 9.78. The van der Waals surface area contributed by atoms with E-state index in [1.807, 2.05) is 19.1 Å². The first-order chi connectivity index (χ1) is 9.58. The summed E-state index contributed by atoms with van der Waals surface area (Å²) in [5.41, 5.74) is 4.78. The van der Waals surface area contributed by atoms with Gasteiger partial charge in [0.15, 0.2) is 5.84 Å². The van der Waals surface area contributed by atoms with Crippen molar-refractivity contribution in [1.82, 2.24) is 5.32 Å². The predicted molar refractivity (Wildman–Crippen MR) is 76.8 cm³/mol. The highest BCUT2D eigenvalue weighted by Crippen LogP contribution is 2.31. The van der Waals surface area contributed by atoms with E-state index in [1.54, 1.807) is 11.3 Å². The number of carbonyl (C=O) groups is 1. The second kappa shape index (κ2) is 6.23. The Morgan fingerprint density at radius 1 is 1.55 bits per heavy atom. The number of thiophene rings is 1. The zero-order valence-electron chi connectivity index (χ0n) is 11.4. The van der Waals surface area contributed by atoms with Gasteiger partial charge in [0, 0.05) is 23.0 Å². The number of oxime groups is 1. The molecule has 1 aromatic heterocycles. The Morgan fingerprint density at radius 2 is 2.25 bits per heavy atom. The summed E-state index contributed by atoms with van der Waals surface area (Å²) in [5, 5.41) is 14.9. The van der Waals surface area contributed by atoms with Crippen molar-refractivity contribution in [3.05, 3.63) is 21.9 Å². The van der Waals surface area contributed by atoms with E-state index in [1.165, 1.54) is 4.88 Å². The van der Waals surface area contributed by atoms with Crippen molar-refractivity contribution < 1.29 is 14.7 Å². The lowest BCUT2D eigenvalue weighted by Crippen LogP contribution is -2.52. The van der Waals surface area contributed by atoms with Gasteiger partial charge in [-0.2, -0.15) is 0 Å². The maximum atomic E-state index is 12.5. The van der Waals surface area contributed by atoms with Gasteiger partial charge in [0.1, 0.15) is 5.41 Å². The molecular formula is C13H19N3O3S. The van der Waals surface area contributed by atoms with E-state index >= 15 is 0 Å². The third-order valence-corrected chi connectivity index (χ3v) is 4.60. The fraction of sp³-hybridized carbons (Fsp3) is 0.538. The quantitative estimate of drug-likeness (QED) is 0.337. The summed E-state index contributed by atoms with van der Waals surface area (Å²) in [4.78, 5) is 14.7. The van der Waals surface area contributed by atoms with Crippen LogP contribution in [0, 0.1) is 12.3 Å². The first-order valence-electron chi connectivity index (χ1n) is 6.48. The fourth-order valence-corrected chi connectivity index (χ4v) is 3.16. The molecule has 1 aromatic rings. The summed E-state index contributed by atoms with van der Waals surface area (Å²) in [6.45, 7) is 3.34. The average Bonchev–Trinajstić information content (AvgIpc) is 2.90. The smallest absolute Gasteiger partial charge is 0.234 e. The molecule has 0 atom stereocenters. The average molecular weight is 297 g/mol. The van der Waals surface area contributed by atoms with Crippen molar-refractivity contribution in [2.24, 2.45) is 16.3 Å². The van der Waals surface area contributed by atoms with E-state index in [4.69, 9.17) is 15.7 Å². The Balaban J connectivity index is 2.07. The molecule has 4 N–H and O–H groups in total. The monoisotopic (exact) mass is 297 g/mol. The van der Waals surface area contributed by atoms with Crippen LogP contribution in [0.2, 0.25) is 0 Å². The van der Waals surface area contributed by atoms with Crippen LogP contribution in [0.25, 0.3) is 0 Å². The van der Waals surface area contributed by atoms with Crippen LogP contribution < -0.4 is 11.1 Å². The molecule has 0 radical (unpaired) electrons. The van der Waals surface area contributed by atoms with E-state index in [0.717, 1.165) is 4.88 Å². The summed E-state index contributed by atoms with van der Waals surface area (Å²) < 4.78 is 5.27. The molecule has 7 heteroatoms. The highest BCUT2D eigenvalue weighted by molar-refractivity contribution is 7.11. The molecule has 0 saturated carbocycles. The molecule has 6 nitrogen and oxygen atoms in total. The van der Waals surface area contributed by atoms with Crippen molar-refractivity contribution in [2.45, 2.75) is 26.3 Å². The van der Waals surface area contributed by atoms with Crippen LogP contribution in [-0.2, 0) is 16.1 Å². The van der Waals surface area contributed by atoms with Crippen molar-refractivity contribution in [1.29, 1.82) is 0 Å². The minimum atomic E-state index is -0.959. The van der Waals surface area contributed by atoms with E-state index in [2.05, 4.69) is 10.5 Å². The lowest BCUT2D eigenvalue weighted by Gasteiger charge is -2.34. The molecule has 2 rings (SSSR count). The number of nitrogens with two attached hydrogens (primary N) is 1. The number of hydrogen-bond donors (Lipinski definition) is 3.